The van der Waals surface area contributed by atoms with Gasteiger partial charge in [0.1, 0.15) is 17.1 Å². The Morgan fingerprint density at radius 3 is 2.67 bits per heavy atom. The van der Waals surface area contributed by atoms with Crippen molar-refractivity contribution in [3.63, 3.8) is 0 Å². The van der Waals surface area contributed by atoms with E-state index in [9.17, 15) is 14.0 Å². The summed E-state index contributed by atoms with van der Waals surface area (Å²) in [5.74, 6) is -0.0263. The monoisotopic (exact) mass is 540 g/mol. The van der Waals surface area contributed by atoms with Gasteiger partial charge in [-0.3, -0.25) is 9.59 Å². The highest BCUT2D eigenvalue weighted by molar-refractivity contribution is 8.00. The first-order valence-electron chi connectivity index (χ1n) is 11.2. The zero-order valence-corrected chi connectivity index (χ0v) is 22.2. The highest BCUT2D eigenvalue weighted by Crippen LogP contribution is 2.43. The van der Waals surface area contributed by atoms with Gasteiger partial charge >= 0.3 is 5.97 Å². The van der Waals surface area contributed by atoms with Crippen LogP contribution in [0.1, 0.15) is 48.0 Å². The Morgan fingerprint density at radius 2 is 2.03 bits per heavy atom. The second kappa shape index (κ2) is 14.5. The van der Waals surface area contributed by atoms with Crippen molar-refractivity contribution < 1.29 is 33.0 Å². The molecule has 0 aromatic heterocycles. The number of amides is 1. The smallest absolute Gasteiger partial charge is 0.343 e. The largest absolute Gasteiger partial charge is 0.492 e. The van der Waals surface area contributed by atoms with Crippen molar-refractivity contribution in [1.82, 2.24) is 0 Å². The number of ether oxygens (including phenoxy) is 3. The molecule has 0 radical (unpaired) electrons. The minimum Gasteiger partial charge on any atom is -0.492 e. The predicted octanol–water partition coefficient (Wildman–Crippen LogP) is 5.39. The standard InChI is InChI=1S/C23H26ClFN2O4S.C2H4O2/c1-14-10-12-31-22-16(14)7-8-18(21(22)23(29)30-3)27(2)32-19-9-6-15(25)13-17(19)26-20(28)5-4-11-24;1-4-2-3/h6-9,13-14H,4-5,10-12H2,1-3H3,(H,26,28);2H,1H3. The van der Waals surface area contributed by atoms with Gasteiger partial charge in [-0.15, -0.1) is 11.6 Å². The van der Waals surface area contributed by atoms with E-state index in [1.54, 1.807) is 17.4 Å². The summed E-state index contributed by atoms with van der Waals surface area (Å²) in [6, 6.07) is 7.99. The number of alkyl halides is 1. The van der Waals surface area contributed by atoms with E-state index in [0.717, 1.165) is 12.0 Å². The molecule has 11 heteroatoms. The number of benzene rings is 2. The predicted molar refractivity (Wildman–Crippen MR) is 139 cm³/mol. The third-order valence-electron chi connectivity index (χ3n) is 5.31. The molecule has 1 heterocycles. The van der Waals surface area contributed by atoms with Crippen molar-refractivity contribution in [2.45, 2.75) is 37.0 Å². The van der Waals surface area contributed by atoms with Gasteiger partial charge in [0.25, 0.3) is 6.47 Å². The lowest BCUT2D eigenvalue weighted by Crippen LogP contribution is -2.20. The van der Waals surface area contributed by atoms with E-state index in [-0.39, 0.29) is 18.2 Å². The summed E-state index contributed by atoms with van der Waals surface area (Å²) >= 11 is 6.91. The fraction of sp³-hybridized carbons (Fsp3) is 0.400. The Balaban J connectivity index is 0.00000106. The summed E-state index contributed by atoms with van der Waals surface area (Å²) in [6.45, 7) is 2.99. The lowest BCUT2D eigenvalue weighted by molar-refractivity contribution is -0.126. The first-order chi connectivity index (χ1) is 17.3. The molecule has 1 aliphatic heterocycles. The minimum atomic E-state index is -0.493. The Morgan fingerprint density at radius 1 is 1.31 bits per heavy atom. The molecule has 36 heavy (non-hydrogen) atoms. The molecule has 2 aromatic rings. The number of nitrogens with zero attached hydrogens (tertiary/aromatic N) is 1. The fourth-order valence-corrected chi connectivity index (χ4v) is 4.52. The SMILES string of the molecule is COC(=O)c1c(N(C)Sc2ccc(F)cc2NC(=O)CCCCl)ccc2c1OCCC2C.COC=O. The van der Waals surface area contributed by atoms with Crippen molar-refractivity contribution in [3.05, 3.63) is 47.3 Å². The van der Waals surface area contributed by atoms with Crippen molar-refractivity contribution in [3.8, 4) is 5.75 Å². The van der Waals surface area contributed by atoms with Crippen LogP contribution in [0.2, 0.25) is 0 Å². The molecule has 0 saturated heterocycles. The van der Waals surface area contributed by atoms with Crippen LogP contribution in [-0.2, 0) is 19.1 Å². The van der Waals surface area contributed by atoms with Crippen LogP contribution in [0.3, 0.4) is 0 Å². The maximum absolute atomic E-state index is 13.9. The average Bonchev–Trinajstić information content (AvgIpc) is 2.88. The van der Waals surface area contributed by atoms with E-state index >= 15 is 0 Å². The molecule has 1 unspecified atom stereocenters. The molecule has 1 aliphatic rings. The Kier molecular flexibility index (Phi) is 11.8. The van der Waals surface area contributed by atoms with Crippen LogP contribution in [0, 0.1) is 5.82 Å². The van der Waals surface area contributed by atoms with Gasteiger partial charge in [0.2, 0.25) is 5.91 Å². The number of hydrogen-bond acceptors (Lipinski definition) is 8. The maximum atomic E-state index is 13.9. The molecule has 8 nitrogen and oxygen atoms in total. The van der Waals surface area contributed by atoms with E-state index in [1.807, 2.05) is 12.1 Å². The van der Waals surface area contributed by atoms with Gasteiger partial charge in [-0.1, -0.05) is 13.0 Å². The Labute approximate surface area is 219 Å². The summed E-state index contributed by atoms with van der Waals surface area (Å²) in [5, 5.41) is 2.75. The van der Waals surface area contributed by atoms with Crippen LogP contribution < -0.4 is 14.4 Å². The molecule has 196 valence electrons. The van der Waals surface area contributed by atoms with Gasteiger partial charge in [0, 0.05) is 19.3 Å². The molecule has 0 spiro atoms. The Hall–Kier alpha value is -2.98. The molecule has 2 aromatic carbocycles. The number of fused-ring (bicyclic) bond motifs is 1. The van der Waals surface area contributed by atoms with E-state index in [1.165, 1.54) is 38.3 Å². The van der Waals surface area contributed by atoms with Gasteiger partial charge in [-0.2, -0.15) is 0 Å². The fourth-order valence-electron chi connectivity index (χ4n) is 3.50. The lowest BCUT2D eigenvalue weighted by atomic mass is 9.92. The normalized spacial score (nSPS) is 13.8. The summed E-state index contributed by atoms with van der Waals surface area (Å²) < 4.78 is 30.4. The van der Waals surface area contributed by atoms with Crippen LogP contribution in [0.5, 0.6) is 5.75 Å². The number of hydrogen-bond donors (Lipinski definition) is 1. The minimum absolute atomic E-state index is 0.243. The topological polar surface area (TPSA) is 94.2 Å². The highest BCUT2D eigenvalue weighted by atomic mass is 35.5. The van der Waals surface area contributed by atoms with Crippen LogP contribution in [0.15, 0.2) is 35.2 Å². The van der Waals surface area contributed by atoms with Crippen molar-refractivity contribution in [1.29, 1.82) is 0 Å². The number of nitrogens with one attached hydrogen (secondary N) is 1. The third-order valence-corrected chi connectivity index (χ3v) is 6.60. The summed E-state index contributed by atoms with van der Waals surface area (Å²) in [6.07, 6.45) is 1.65. The van der Waals surface area contributed by atoms with Gasteiger partial charge in [0.05, 0.1) is 37.1 Å². The zero-order chi connectivity index (χ0) is 26.7. The number of rotatable bonds is 9. The second-order valence-corrected chi connectivity index (χ2v) is 9.36. The molecule has 0 bridgehead atoms. The van der Waals surface area contributed by atoms with Crippen molar-refractivity contribution in [2.24, 2.45) is 0 Å². The summed E-state index contributed by atoms with van der Waals surface area (Å²) in [4.78, 5) is 34.4. The maximum Gasteiger partial charge on any atom is 0.343 e. The molecule has 1 amide bonds. The van der Waals surface area contributed by atoms with E-state index in [0.29, 0.717) is 53.0 Å². The van der Waals surface area contributed by atoms with Crippen molar-refractivity contribution in [2.75, 3.05) is 43.4 Å². The van der Waals surface area contributed by atoms with Gasteiger partial charge in [-0.25, -0.2) is 9.18 Å². The first-order valence-corrected chi connectivity index (χ1v) is 12.5. The zero-order valence-electron chi connectivity index (χ0n) is 20.6. The molecular formula is C25H30ClFN2O6S. The van der Waals surface area contributed by atoms with Crippen LogP contribution in [0.25, 0.3) is 0 Å². The Bertz CT molecular complexity index is 1070. The molecule has 0 saturated carbocycles. The molecular weight excluding hydrogens is 511 g/mol. The summed E-state index contributed by atoms with van der Waals surface area (Å²) in [5.41, 5.74) is 2.26. The first kappa shape index (κ1) is 29.3. The highest BCUT2D eigenvalue weighted by Gasteiger charge is 2.29. The van der Waals surface area contributed by atoms with Crippen molar-refractivity contribution >= 4 is 53.3 Å². The second-order valence-electron chi connectivity index (χ2n) is 7.81. The number of carbonyl (C=O) groups excluding carboxylic acids is 3. The number of carbonyl (C=O) groups is 3. The third kappa shape index (κ3) is 7.76. The van der Waals surface area contributed by atoms with Crippen LogP contribution in [-0.4, -0.2) is 52.1 Å². The van der Waals surface area contributed by atoms with E-state index in [2.05, 4.69) is 17.0 Å². The molecule has 0 fully saturated rings. The van der Waals surface area contributed by atoms with E-state index < -0.39 is 11.8 Å². The quantitative estimate of drug-likeness (QED) is 0.196. The molecule has 3 rings (SSSR count). The number of anilines is 2. The molecule has 0 aliphatic carbocycles. The number of esters is 1. The number of halogens is 2. The van der Waals surface area contributed by atoms with Crippen LogP contribution in [0.4, 0.5) is 15.8 Å². The molecule has 1 N–H and O–H groups in total. The summed E-state index contributed by atoms with van der Waals surface area (Å²) in [7, 11) is 4.43. The number of methoxy groups -OCH3 is 2. The van der Waals surface area contributed by atoms with Gasteiger partial charge in [-0.05, 0) is 60.5 Å². The lowest BCUT2D eigenvalue weighted by Gasteiger charge is -2.28. The average molecular weight is 541 g/mol. The van der Waals surface area contributed by atoms with Gasteiger partial charge in [0.15, 0.2) is 0 Å². The molecule has 1 atom stereocenters. The van der Waals surface area contributed by atoms with Crippen LogP contribution >= 0.6 is 23.5 Å². The van der Waals surface area contributed by atoms with Gasteiger partial charge < -0.3 is 23.8 Å². The van der Waals surface area contributed by atoms with E-state index in [4.69, 9.17) is 25.9 Å².